The average molecular weight is 554 g/mol. The molecule has 3 atom stereocenters. The van der Waals surface area contributed by atoms with Gasteiger partial charge in [-0.15, -0.1) is 0 Å². The summed E-state index contributed by atoms with van der Waals surface area (Å²) in [5, 5.41) is 11.3. The fourth-order valence-electron chi connectivity index (χ4n) is 5.19. The first-order valence-corrected chi connectivity index (χ1v) is 12.6. The van der Waals surface area contributed by atoms with Gasteiger partial charge in [-0.3, -0.25) is 24.1 Å². The van der Waals surface area contributed by atoms with Gasteiger partial charge in [-0.1, -0.05) is 24.8 Å². The van der Waals surface area contributed by atoms with Crippen molar-refractivity contribution in [2.75, 3.05) is 23.7 Å². The van der Waals surface area contributed by atoms with E-state index in [4.69, 9.17) is 0 Å². The summed E-state index contributed by atoms with van der Waals surface area (Å²) in [6.07, 6.45) is -2.64. The number of imide groups is 1. The van der Waals surface area contributed by atoms with Crippen LogP contribution in [0, 0.1) is 5.92 Å². The van der Waals surface area contributed by atoms with Crippen molar-refractivity contribution in [3.63, 3.8) is 0 Å². The lowest BCUT2D eigenvalue weighted by Gasteiger charge is -2.29. The molecule has 0 aliphatic carbocycles. The molecule has 3 aliphatic heterocycles. The normalized spacial score (nSPS) is 23.2. The van der Waals surface area contributed by atoms with E-state index in [0.29, 0.717) is 30.9 Å². The molecule has 2 fully saturated rings. The van der Waals surface area contributed by atoms with Gasteiger partial charge in [-0.05, 0) is 48.7 Å². The zero-order valence-electron chi connectivity index (χ0n) is 21.2. The molecule has 2 aromatic rings. The van der Waals surface area contributed by atoms with E-state index in [1.165, 1.54) is 12.1 Å². The molecule has 3 aliphatic rings. The quantitative estimate of drug-likeness (QED) is 0.409. The Morgan fingerprint density at radius 2 is 1.77 bits per heavy atom. The molecule has 0 spiro atoms. The number of allylic oxidation sites excluding steroid dienone is 1. The Balaban J connectivity index is 1.28. The van der Waals surface area contributed by atoms with E-state index < -0.39 is 47.3 Å². The number of piperidine rings is 1. The summed E-state index contributed by atoms with van der Waals surface area (Å²) in [6, 6.07) is 10.5. The number of carbonyl (C=O) groups excluding carboxylic acids is 4. The van der Waals surface area contributed by atoms with Crippen molar-refractivity contribution in [2.45, 2.75) is 31.0 Å². The van der Waals surface area contributed by atoms with Crippen LogP contribution in [-0.4, -0.2) is 47.7 Å². The Kier molecular flexibility index (Phi) is 7.19. The Bertz CT molecular complexity index is 1440. The maximum Gasteiger partial charge on any atom is 0.416 e. The zero-order chi connectivity index (χ0) is 28.6. The van der Waals surface area contributed by atoms with Crippen LogP contribution in [0.25, 0.3) is 0 Å². The first kappa shape index (κ1) is 27.1. The van der Waals surface area contributed by atoms with Crippen molar-refractivity contribution in [1.29, 1.82) is 0 Å². The third-order valence-corrected chi connectivity index (χ3v) is 7.19. The number of amides is 4. The molecule has 40 heavy (non-hydrogen) atoms. The van der Waals surface area contributed by atoms with Gasteiger partial charge in [-0.2, -0.15) is 13.2 Å². The largest absolute Gasteiger partial charge is 0.416 e. The number of halogens is 3. The average Bonchev–Trinajstić information content (AvgIpc) is 3.49. The van der Waals surface area contributed by atoms with E-state index in [-0.39, 0.29) is 23.7 Å². The van der Waals surface area contributed by atoms with Crippen LogP contribution in [0.1, 0.15) is 29.9 Å². The minimum absolute atomic E-state index is 0.0164. The van der Waals surface area contributed by atoms with Crippen LogP contribution in [0.2, 0.25) is 0 Å². The van der Waals surface area contributed by atoms with Crippen molar-refractivity contribution in [3.8, 4) is 0 Å². The van der Waals surface area contributed by atoms with Gasteiger partial charge in [0.1, 0.15) is 11.7 Å². The summed E-state index contributed by atoms with van der Waals surface area (Å²) in [5.41, 5.74) is 1.01. The molecule has 4 amide bonds. The number of nitrogens with one attached hydrogen (secondary N) is 4. The van der Waals surface area contributed by atoms with Crippen LogP contribution in [-0.2, 0) is 25.4 Å². The molecule has 2 unspecified atom stereocenters. The molecule has 5 rings (SSSR count). The van der Waals surface area contributed by atoms with Crippen LogP contribution in [0.5, 0.6) is 0 Å². The number of alkyl halides is 3. The third-order valence-electron chi connectivity index (χ3n) is 7.19. The second-order valence-electron chi connectivity index (χ2n) is 9.91. The fraction of sp³-hybridized carbons (Fsp3) is 0.286. The summed E-state index contributed by atoms with van der Waals surface area (Å²) in [5.74, 6) is -2.95. The topological polar surface area (TPSA) is 120 Å². The highest BCUT2D eigenvalue weighted by Gasteiger charge is 2.41. The fourth-order valence-corrected chi connectivity index (χ4v) is 5.19. The monoisotopic (exact) mass is 553 g/mol. The molecule has 3 heterocycles. The summed E-state index contributed by atoms with van der Waals surface area (Å²) < 4.78 is 39.2. The van der Waals surface area contributed by atoms with E-state index in [1.807, 2.05) is 6.07 Å². The standard InChI is InChI=1S/C28H26F3N5O4/c1-15-8-9-23(26(39)33-15)36-24(37)12-22(27(36)40)34-18-6-2-4-16(10-18)20-13-32-14-21(20)25(38)35-19-7-3-5-17(11-19)28(29,30)31/h2-7,10-12,20-21,23,32,34H,1,8-9,13-14H2,(H,33,39)(H,35,38)/t20-,21?,23?/m1/s1. The number of hydrogen-bond acceptors (Lipinski definition) is 6. The Morgan fingerprint density at radius 1 is 1.02 bits per heavy atom. The SMILES string of the molecule is C=C1CCC(N2C(=O)C=C(Nc3cccc([C@H]4CNCC4C(=O)Nc4cccc(C(F)(F)F)c4)c3)C2=O)C(=O)N1. The number of carbonyl (C=O) groups is 4. The highest BCUT2D eigenvalue weighted by atomic mass is 19.4. The highest BCUT2D eigenvalue weighted by Crippen LogP contribution is 2.33. The van der Waals surface area contributed by atoms with Gasteiger partial charge in [0.25, 0.3) is 11.8 Å². The molecule has 2 aromatic carbocycles. The van der Waals surface area contributed by atoms with Gasteiger partial charge in [-0.25, -0.2) is 0 Å². The second-order valence-corrected chi connectivity index (χ2v) is 9.91. The summed E-state index contributed by atoms with van der Waals surface area (Å²) in [6.45, 7) is 4.50. The van der Waals surface area contributed by atoms with Crippen LogP contribution in [0.15, 0.2) is 72.6 Å². The predicted octanol–water partition coefficient (Wildman–Crippen LogP) is 3.10. The van der Waals surface area contributed by atoms with Crippen molar-refractivity contribution in [3.05, 3.63) is 83.7 Å². The maximum absolute atomic E-state index is 13.1. The van der Waals surface area contributed by atoms with Crippen molar-refractivity contribution < 1.29 is 32.3 Å². The number of nitrogens with zero attached hydrogens (tertiary/aromatic N) is 1. The van der Waals surface area contributed by atoms with Crippen LogP contribution >= 0.6 is 0 Å². The Morgan fingerprint density at radius 3 is 2.52 bits per heavy atom. The molecule has 9 nitrogen and oxygen atoms in total. The minimum Gasteiger partial charge on any atom is -0.351 e. The van der Waals surface area contributed by atoms with Crippen molar-refractivity contribution in [2.24, 2.45) is 5.92 Å². The third kappa shape index (κ3) is 5.48. The summed E-state index contributed by atoms with van der Waals surface area (Å²) in [7, 11) is 0. The Hall–Kier alpha value is -4.45. The Labute approximate surface area is 227 Å². The van der Waals surface area contributed by atoms with Crippen LogP contribution in [0.3, 0.4) is 0 Å². The summed E-state index contributed by atoms with van der Waals surface area (Å²) >= 11 is 0. The first-order valence-electron chi connectivity index (χ1n) is 12.6. The lowest BCUT2D eigenvalue weighted by atomic mass is 9.88. The van der Waals surface area contributed by atoms with Gasteiger partial charge in [0.2, 0.25) is 11.8 Å². The molecule has 0 bridgehead atoms. The zero-order valence-corrected chi connectivity index (χ0v) is 21.2. The minimum atomic E-state index is -4.53. The molecule has 0 radical (unpaired) electrons. The second kappa shape index (κ2) is 10.6. The molecule has 12 heteroatoms. The van der Waals surface area contributed by atoms with Gasteiger partial charge < -0.3 is 21.3 Å². The van der Waals surface area contributed by atoms with Crippen molar-refractivity contribution >= 4 is 35.0 Å². The van der Waals surface area contributed by atoms with Gasteiger partial charge in [0.15, 0.2) is 0 Å². The number of hydrogen-bond donors (Lipinski definition) is 4. The predicted molar refractivity (Wildman–Crippen MR) is 139 cm³/mol. The van der Waals surface area contributed by atoms with E-state index in [0.717, 1.165) is 28.7 Å². The molecule has 208 valence electrons. The molecule has 4 N–H and O–H groups in total. The number of benzene rings is 2. The maximum atomic E-state index is 13.1. The van der Waals surface area contributed by atoms with Gasteiger partial charge in [0.05, 0.1) is 11.5 Å². The lowest BCUT2D eigenvalue weighted by molar-refractivity contribution is -0.146. The molecule has 0 saturated carbocycles. The van der Waals surface area contributed by atoms with Gasteiger partial charge >= 0.3 is 6.18 Å². The van der Waals surface area contributed by atoms with E-state index >= 15 is 0 Å². The van der Waals surface area contributed by atoms with E-state index in [9.17, 15) is 32.3 Å². The smallest absolute Gasteiger partial charge is 0.351 e. The van der Waals surface area contributed by atoms with Gasteiger partial charge in [0, 0.05) is 42.2 Å². The molecular weight excluding hydrogens is 527 g/mol. The first-order chi connectivity index (χ1) is 19.0. The highest BCUT2D eigenvalue weighted by molar-refractivity contribution is 6.19. The molecule has 0 aromatic heterocycles. The lowest BCUT2D eigenvalue weighted by Crippen LogP contribution is -2.52. The van der Waals surface area contributed by atoms with Crippen molar-refractivity contribution in [1.82, 2.24) is 15.5 Å². The molecule has 2 saturated heterocycles. The van der Waals surface area contributed by atoms with Crippen LogP contribution < -0.4 is 21.3 Å². The number of anilines is 2. The van der Waals surface area contributed by atoms with E-state index in [1.54, 1.807) is 18.2 Å². The molecular formula is C28H26F3N5O4. The number of rotatable bonds is 6. The van der Waals surface area contributed by atoms with Crippen LogP contribution in [0.4, 0.5) is 24.5 Å². The summed E-state index contributed by atoms with van der Waals surface area (Å²) in [4.78, 5) is 52.0. The van der Waals surface area contributed by atoms with E-state index in [2.05, 4.69) is 27.8 Å².